The van der Waals surface area contributed by atoms with Gasteiger partial charge in [-0.3, -0.25) is 19.1 Å². The molecule has 0 spiro atoms. The van der Waals surface area contributed by atoms with Crippen molar-refractivity contribution >= 4 is 37.1 Å². The normalized spacial score (nSPS) is 14.3. The van der Waals surface area contributed by atoms with Gasteiger partial charge >= 0.3 is 0 Å². The van der Waals surface area contributed by atoms with Gasteiger partial charge in [0.25, 0.3) is 15.7 Å². The summed E-state index contributed by atoms with van der Waals surface area (Å²) in [6.07, 6.45) is 1.87. The minimum atomic E-state index is -4.11. The van der Waals surface area contributed by atoms with E-state index in [0.29, 0.717) is 37.1 Å². The van der Waals surface area contributed by atoms with Crippen LogP contribution in [0.1, 0.15) is 30.9 Å². The van der Waals surface area contributed by atoms with E-state index in [1.807, 2.05) is 0 Å². The van der Waals surface area contributed by atoms with Gasteiger partial charge in [0, 0.05) is 18.7 Å². The number of fused-ring (bicyclic) bond motifs is 1. The van der Waals surface area contributed by atoms with E-state index in [4.69, 9.17) is 0 Å². The van der Waals surface area contributed by atoms with Gasteiger partial charge in [0.05, 0.1) is 26.9 Å². The summed E-state index contributed by atoms with van der Waals surface area (Å²) in [5.41, 5.74) is 1.51. The van der Waals surface area contributed by atoms with Crippen LogP contribution in [0.4, 0.5) is 17.1 Å². The zero-order valence-corrected chi connectivity index (χ0v) is 18.3. The highest BCUT2D eigenvalue weighted by molar-refractivity contribution is 7.93. The predicted molar refractivity (Wildman–Crippen MR) is 115 cm³/mol. The van der Waals surface area contributed by atoms with E-state index in [1.54, 1.807) is 26.0 Å². The third kappa shape index (κ3) is 4.41. The fraction of sp³-hybridized carbons (Fsp3) is 0.368. The van der Waals surface area contributed by atoms with Crippen LogP contribution >= 0.6 is 0 Å². The quantitative estimate of drug-likeness (QED) is 0.507. The largest absolute Gasteiger partial charge is 0.280 e. The van der Waals surface area contributed by atoms with E-state index in [-0.39, 0.29) is 22.0 Å². The predicted octanol–water partition coefficient (Wildman–Crippen LogP) is 3.20. The maximum Gasteiger partial charge on any atom is 0.270 e. The first kappa shape index (κ1) is 22.0. The van der Waals surface area contributed by atoms with Gasteiger partial charge in [-0.05, 0) is 49.4 Å². The third-order valence-corrected chi connectivity index (χ3v) is 8.38. The second kappa shape index (κ2) is 8.23. The van der Waals surface area contributed by atoms with Gasteiger partial charge in [-0.1, -0.05) is 19.1 Å². The van der Waals surface area contributed by atoms with Crippen molar-refractivity contribution in [1.29, 1.82) is 0 Å². The molecule has 30 heavy (non-hydrogen) atoms. The second-order valence-corrected chi connectivity index (χ2v) is 10.8. The Labute approximate surface area is 176 Å². The van der Waals surface area contributed by atoms with Gasteiger partial charge in [0.1, 0.15) is 0 Å². The number of anilines is 2. The number of nitro groups is 1. The number of nitro benzene ring substituents is 1. The van der Waals surface area contributed by atoms with Gasteiger partial charge in [-0.25, -0.2) is 16.8 Å². The number of hydrogen-bond donors (Lipinski definition) is 1. The molecule has 0 aromatic heterocycles. The van der Waals surface area contributed by atoms with Gasteiger partial charge in [-0.2, -0.15) is 0 Å². The molecule has 1 N–H and O–H groups in total. The Morgan fingerprint density at radius 3 is 2.53 bits per heavy atom. The summed E-state index contributed by atoms with van der Waals surface area (Å²) in [5, 5.41) is 11.0. The lowest BCUT2D eigenvalue weighted by molar-refractivity contribution is -0.385. The average molecular weight is 454 g/mol. The van der Waals surface area contributed by atoms with Crippen molar-refractivity contribution in [2.45, 2.75) is 38.0 Å². The molecular formula is C19H23N3O6S2. The highest BCUT2D eigenvalue weighted by atomic mass is 32.2. The summed E-state index contributed by atoms with van der Waals surface area (Å²) in [6.45, 7) is 3.67. The van der Waals surface area contributed by atoms with E-state index in [9.17, 15) is 26.9 Å². The first-order valence-electron chi connectivity index (χ1n) is 9.46. The Morgan fingerprint density at radius 1 is 1.13 bits per heavy atom. The molecule has 0 saturated heterocycles. The molecule has 3 rings (SSSR count). The Kier molecular flexibility index (Phi) is 6.04. The van der Waals surface area contributed by atoms with E-state index < -0.39 is 25.0 Å². The number of aryl methyl sites for hydroxylation is 2. The summed E-state index contributed by atoms with van der Waals surface area (Å²) in [4.78, 5) is 10.2. The van der Waals surface area contributed by atoms with E-state index in [0.717, 1.165) is 11.6 Å². The van der Waals surface area contributed by atoms with Crippen molar-refractivity contribution in [3.8, 4) is 0 Å². The summed E-state index contributed by atoms with van der Waals surface area (Å²) in [6, 6.07) is 8.41. The molecule has 2 aromatic carbocycles. The Morgan fingerprint density at radius 2 is 1.87 bits per heavy atom. The molecule has 0 radical (unpaired) electrons. The summed E-state index contributed by atoms with van der Waals surface area (Å²) >= 11 is 0. The molecule has 0 bridgehead atoms. The van der Waals surface area contributed by atoms with Crippen LogP contribution in [-0.4, -0.2) is 34.1 Å². The molecule has 1 aliphatic heterocycles. The summed E-state index contributed by atoms with van der Waals surface area (Å²) in [7, 11) is -7.61. The Bertz CT molecular complexity index is 1190. The number of sulfonamides is 2. The van der Waals surface area contributed by atoms with Gasteiger partial charge < -0.3 is 0 Å². The monoisotopic (exact) mass is 453 g/mol. The SMILES string of the molecule is CCCS(=O)(=O)N1CCCc2ccc(NS(=O)(=O)c3cc([N+](=O)[O-])ccc3C)cc21. The molecule has 1 aliphatic rings. The zero-order chi connectivity index (χ0) is 22.1. The van der Waals surface area contributed by atoms with E-state index in [1.165, 1.54) is 22.5 Å². The molecule has 0 fully saturated rings. The first-order valence-corrected chi connectivity index (χ1v) is 12.6. The summed E-state index contributed by atoms with van der Waals surface area (Å²) in [5.74, 6) is 0.00920. The number of rotatable bonds is 7. The van der Waals surface area contributed by atoms with Crippen molar-refractivity contribution < 1.29 is 21.8 Å². The molecule has 0 amide bonds. The van der Waals surface area contributed by atoms with E-state index in [2.05, 4.69) is 4.72 Å². The minimum absolute atomic E-state index is 0.00920. The number of non-ortho nitro benzene ring substituents is 1. The lowest BCUT2D eigenvalue weighted by Crippen LogP contribution is -2.37. The molecule has 2 aromatic rings. The van der Waals surface area contributed by atoms with Crippen molar-refractivity contribution in [3.63, 3.8) is 0 Å². The topological polar surface area (TPSA) is 127 Å². The molecule has 0 unspecified atom stereocenters. The molecule has 11 heteroatoms. The molecule has 0 aliphatic carbocycles. The smallest absolute Gasteiger partial charge is 0.270 e. The van der Waals surface area contributed by atoms with Gasteiger partial charge in [0.15, 0.2) is 0 Å². The maximum absolute atomic E-state index is 12.9. The molecule has 9 nitrogen and oxygen atoms in total. The van der Waals surface area contributed by atoms with Crippen LogP contribution in [0.25, 0.3) is 0 Å². The fourth-order valence-corrected chi connectivity index (χ4v) is 6.39. The van der Waals surface area contributed by atoms with Crippen LogP contribution in [0, 0.1) is 17.0 Å². The Hall–Kier alpha value is -2.66. The second-order valence-electron chi connectivity index (χ2n) is 7.15. The van der Waals surface area contributed by atoms with Crippen LogP contribution in [0.15, 0.2) is 41.3 Å². The molecule has 1 heterocycles. The molecule has 0 atom stereocenters. The number of benzene rings is 2. The number of nitrogens with zero attached hydrogens (tertiary/aromatic N) is 2. The lowest BCUT2D eigenvalue weighted by atomic mass is 10.0. The maximum atomic E-state index is 12.9. The van der Waals surface area contributed by atoms with Crippen molar-refractivity contribution in [3.05, 3.63) is 57.6 Å². The van der Waals surface area contributed by atoms with Crippen LogP contribution in [0.2, 0.25) is 0 Å². The molecular weight excluding hydrogens is 430 g/mol. The van der Waals surface area contributed by atoms with Crippen molar-refractivity contribution in [1.82, 2.24) is 0 Å². The standard InChI is InChI=1S/C19H23N3O6S2/c1-3-11-29(25,26)21-10-4-5-15-7-8-16(12-18(15)21)20-30(27,28)19-13-17(22(23)24)9-6-14(19)2/h6-9,12-13,20H,3-5,10-11H2,1-2H3. The van der Waals surface area contributed by atoms with Crippen LogP contribution in [0.5, 0.6) is 0 Å². The fourth-order valence-electron chi connectivity index (χ4n) is 3.46. The summed E-state index contributed by atoms with van der Waals surface area (Å²) < 4.78 is 54.8. The van der Waals surface area contributed by atoms with Crippen LogP contribution in [0.3, 0.4) is 0 Å². The number of nitrogens with one attached hydrogen (secondary N) is 1. The van der Waals surface area contributed by atoms with Crippen molar-refractivity contribution in [2.75, 3.05) is 21.3 Å². The van der Waals surface area contributed by atoms with Gasteiger partial charge in [0.2, 0.25) is 10.0 Å². The first-order chi connectivity index (χ1) is 14.0. The van der Waals surface area contributed by atoms with E-state index >= 15 is 0 Å². The van der Waals surface area contributed by atoms with Crippen molar-refractivity contribution in [2.24, 2.45) is 0 Å². The Balaban J connectivity index is 1.99. The highest BCUT2D eigenvalue weighted by Crippen LogP contribution is 2.33. The minimum Gasteiger partial charge on any atom is -0.280 e. The zero-order valence-electron chi connectivity index (χ0n) is 16.7. The lowest BCUT2D eigenvalue weighted by Gasteiger charge is -2.31. The average Bonchev–Trinajstić information content (AvgIpc) is 2.67. The molecule has 162 valence electrons. The van der Waals surface area contributed by atoms with Crippen LogP contribution in [-0.2, 0) is 26.5 Å². The van der Waals surface area contributed by atoms with Crippen LogP contribution < -0.4 is 9.03 Å². The molecule has 0 saturated carbocycles. The van der Waals surface area contributed by atoms with Gasteiger partial charge in [-0.15, -0.1) is 0 Å². The third-order valence-electron chi connectivity index (χ3n) is 4.88. The highest BCUT2D eigenvalue weighted by Gasteiger charge is 2.28. The number of hydrogen-bond acceptors (Lipinski definition) is 6.